The van der Waals surface area contributed by atoms with Crippen LogP contribution in [0.25, 0.3) is 11.3 Å². The molecule has 0 bridgehead atoms. The number of carbonyl (C=O) groups is 1. The maximum Gasteiger partial charge on any atom is 0.276 e. The topological polar surface area (TPSA) is 81.1 Å². The summed E-state index contributed by atoms with van der Waals surface area (Å²) in [5.74, 6) is -0.128. The first-order chi connectivity index (χ1) is 15.0. The van der Waals surface area contributed by atoms with Crippen LogP contribution in [0, 0.1) is 6.92 Å². The molecule has 0 aliphatic carbocycles. The lowest BCUT2D eigenvalue weighted by atomic mass is 9.87. The van der Waals surface area contributed by atoms with Crippen molar-refractivity contribution in [1.82, 2.24) is 9.78 Å². The van der Waals surface area contributed by atoms with Crippen LogP contribution in [0.4, 0.5) is 5.69 Å². The maximum atomic E-state index is 13.0. The largest absolute Gasteiger partial charge is 0.321 e. The summed E-state index contributed by atoms with van der Waals surface area (Å²) in [6, 6.07) is 17.2. The summed E-state index contributed by atoms with van der Waals surface area (Å²) in [6.07, 6.45) is 0.498. The number of anilines is 1. The van der Waals surface area contributed by atoms with Gasteiger partial charge < -0.3 is 5.32 Å². The molecule has 1 N–H and O–H groups in total. The molecule has 0 saturated carbocycles. The number of amides is 1. The van der Waals surface area contributed by atoms with E-state index in [4.69, 9.17) is 0 Å². The number of hydrogen-bond acceptors (Lipinski definition) is 4. The van der Waals surface area contributed by atoms with Crippen molar-refractivity contribution in [2.75, 3.05) is 16.8 Å². The first-order valence-corrected chi connectivity index (χ1v) is 12.6. The zero-order chi connectivity index (χ0) is 23.1. The van der Waals surface area contributed by atoms with Gasteiger partial charge in [-0.1, -0.05) is 62.7 Å². The van der Waals surface area contributed by atoms with Crippen LogP contribution < -0.4 is 5.32 Å². The van der Waals surface area contributed by atoms with E-state index in [0.717, 1.165) is 16.8 Å². The zero-order valence-corrected chi connectivity index (χ0v) is 19.7. The van der Waals surface area contributed by atoms with Crippen LogP contribution in [0.5, 0.6) is 0 Å². The summed E-state index contributed by atoms with van der Waals surface area (Å²) in [7, 11) is -3.09. The molecule has 1 aliphatic rings. The summed E-state index contributed by atoms with van der Waals surface area (Å²) < 4.78 is 25.8. The Bertz CT molecular complexity index is 1240. The minimum atomic E-state index is -3.09. The minimum absolute atomic E-state index is 0.0336. The number of rotatable bonds is 4. The van der Waals surface area contributed by atoms with Crippen LogP contribution in [0.1, 0.15) is 54.8 Å². The van der Waals surface area contributed by atoms with Gasteiger partial charge in [0.2, 0.25) is 0 Å². The van der Waals surface area contributed by atoms with Gasteiger partial charge in [-0.15, -0.1) is 0 Å². The zero-order valence-electron chi connectivity index (χ0n) is 18.9. The monoisotopic (exact) mass is 451 g/mol. The fraction of sp³-hybridized carbons (Fsp3) is 0.360. The maximum absolute atomic E-state index is 13.0. The molecule has 2 heterocycles. The molecule has 1 aliphatic heterocycles. The third-order valence-electron chi connectivity index (χ3n) is 5.88. The van der Waals surface area contributed by atoms with Crippen LogP contribution in [-0.4, -0.2) is 35.6 Å². The average molecular weight is 452 g/mol. The van der Waals surface area contributed by atoms with E-state index in [1.807, 2.05) is 55.5 Å². The Labute approximate surface area is 189 Å². The van der Waals surface area contributed by atoms with E-state index in [2.05, 4.69) is 31.2 Å². The fourth-order valence-corrected chi connectivity index (χ4v) is 5.63. The lowest BCUT2D eigenvalue weighted by Gasteiger charge is -2.19. The predicted molar refractivity (Wildman–Crippen MR) is 128 cm³/mol. The molecule has 0 radical (unpaired) electrons. The molecule has 1 unspecified atom stereocenters. The highest BCUT2D eigenvalue weighted by molar-refractivity contribution is 7.91. The number of hydrogen-bond donors (Lipinski definition) is 1. The third kappa shape index (κ3) is 4.78. The van der Waals surface area contributed by atoms with Crippen molar-refractivity contribution in [2.24, 2.45) is 0 Å². The van der Waals surface area contributed by atoms with Gasteiger partial charge in [-0.2, -0.15) is 5.10 Å². The molecule has 1 saturated heterocycles. The van der Waals surface area contributed by atoms with Gasteiger partial charge in [0.15, 0.2) is 15.5 Å². The highest BCUT2D eigenvalue weighted by atomic mass is 32.2. The number of sulfone groups is 1. The highest BCUT2D eigenvalue weighted by Crippen LogP contribution is 2.31. The molecule has 2 aromatic carbocycles. The Morgan fingerprint density at radius 1 is 1.06 bits per heavy atom. The van der Waals surface area contributed by atoms with Gasteiger partial charge in [-0.05, 0) is 48.1 Å². The molecule has 1 atom stereocenters. The summed E-state index contributed by atoms with van der Waals surface area (Å²) in [4.78, 5) is 13.0. The normalized spacial score (nSPS) is 17.9. The summed E-state index contributed by atoms with van der Waals surface area (Å²) >= 11 is 0. The molecule has 168 valence electrons. The summed E-state index contributed by atoms with van der Waals surface area (Å²) in [5.41, 5.74) is 4.96. The van der Waals surface area contributed by atoms with Gasteiger partial charge in [0, 0.05) is 5.69 Å². The number of carbonyl (C=O) groups excluding carboxylic acids is 1. The lowest BCUT2D eigenvalue weighted by molar-refractivity contribution is 0.102. The number of aryl methyl sites for hydroxylation is 1. The van der Waals surface area contributed by atoms with Crippen LogP contribution in [0.15, 0.2) is 54.6 Å². The van der Waals surface area contributed by atoms with E-state index in [-0.39, 0.29) is 34.6 Å². The van der Waals surface area contributed by atoms with Gasteiger partial charge in [-0.25, -0.2) is 8.42 Å². The standard InChI is InChI=1S/C25H29N3O3S/c1-17-5-7-18(8-6-17)23-15-22(27-28(23)21-13-14-32(30,31)16-21)24(29)26-20-11-9-19(10-12-20)25(2,3)4/h5-12,15,21H,13-14,16H2,1-4H3,(H,26,29). The quantitative estimate of drug-likeness (QED) is 0.620. The molecule has 7 heteroatoms. The van der Waals surface area contributed by atoms with Crippen molar-refractivity contribution < 1.29 is 13.2 Å². The summed E-state index contributed by atoms with van der Waals surface area (Å²) in [5, 5.41) is 7.46. The Morgan fingerprint density at radius 2 is 1.72 bits per heavy atom. The van der Waals surface area contributed by atoms with E-state index in [1.54, 1.807) is 10.7 Å². The van der Waals surface area contributed by atoms with Gasteiger partial charge >= 0.3 is 0 Å². The molecular formula is C25H29N3O3S. The molecule has 0 spiro atoms. The highest BCUT2D eigenvalue weighted by Gasteiger charge is 2.32. The van der Waals surface area contributed by atoms with Gasteiger partial charge in [0.25, 0.3) is 5.91 Å². The van der Waals surface area contributed by atoms with E-state index < -0.39 is 9.84 Å². The van der Waals surface area contributed by atoms with E-state index >= 15 is 0 Å². The Balaban J connectivity index is 1.64. The van der Waals surface area contributed by atoms with Crippen molar-refractivity contribution in [3.8, 4) is 11.3 Å². The molecule has 3 aromatic rings. The van der Waals surface area contributed by atoms with Crippen LogP contribution in [0.2, 0.25) is 0 Å². The second-order valence-electron chi connectivity index (χ2n) is 9.56. The van der Waals surface area contributed by atoms with Crippen molar-refractivity contribution in [3.05, 3.63) is 71.4 Å². The average Bonchev–Trinajstić information content (AvgIpc) is 3.32. The molecular weight excluding hydrogens is 422 g/mol. The third-order valence-corrected chi connectivity index (χ3v) is 7.63. The number of nitrogens with zero attached hydrogens (tertiary/aromatic N) is 2. The molecule has 32 heavy (non-hydrogen) atoms. The Hall–Kier alpha value is -2.93. The molecule has 6 nitrogen and oxygen atoms in total. The smallest absolute Gasteiger partial charge is 0.276 e. The molecule has 1 amide bonds. The second-order valence-corrected chi connectivity index (χ2v) is 11.8. The number of aromatic nitrogens is 2. The lowest BCUT2D eigenvalue weighted by Crippen LogP contribution is -2.17. The molecule has 1 aromatic heterocycles. The number of nitrogens with one attached hydrogen (secondary N) is 1. The minimum Gasteiger partial charge on any atom is -0.321 e. The van der Waals surface area contributed by atoms with E-state index in [0.29, 0.717) is 12.1 Å². The second kappa shape index (κ2) is 8.20. The van der Waals surface area contributed by atoms with Gasteiger partial charge in [-0.3, -0.25) is 9.48 Å². The fourth-order valence-electron chi connectivity index (χ4n) is 3.94. The first-order valence-electron chi connectivity index (χ1n) is 10.8. The molecule has 1 fully saturated rings. The van der Waals surface area contributed by atoms with E-state index in [9.17, 15) is 13.2 Å². The number of benzene rings is 2. The Kier molecular flexibility index (Phi) is 5.71. The van der Waals surface area contributed by atoms with Crippen molar-refractivity contribution in [2.45, 2.75) is 45.6 Å². The van der Waals surface area contributed by atoms with E-state index in [1.165, 1.54) is 5.56 Å². The van der Waals surface area contributed by atoms with Crippen molar-refractivity contribution in [1.29, 1.82) is 0 Å². The predicted octanol–water partition coefficient (Wildman–Crippen LogP) is 4.77. The van der Waals surface area contributed by atoms with Gasteiger partial charge in [0.1, 0.15) is 0 Å². The van der Waals surface area contributed by atoms with Crippen LogP contribution >= 0.6 is 0 Å². The van der Waals surface area contributed by atoms with Crippen molar-refractivity contribution in [3.63, 3.8) is 0 Å². The Morgan fingerprint density at radius 3 is 2.28 bits per heavy atom. The van der Waals surface area contributed by atoms with Crippen LogP contribution in [-0.2, 0) is 15.3 Å². The van der Waals surface area contributed by atoms with Gasteiger partial charge in [0.05, 0.1) is 23.2 Å². The van der Waals surface area contributed by atoms with Crippen molar-refractivity contribution >= 4 is 21.4 Å². The SMILES string of the molecule is Cc1ccc(-c2cc(C(=O)Nc3ccc(C(C)(C)C)cc3)nn2C2CCS(=O)(=O)C2)cc1. The first kappa shape index (κ1) is 22.3. The summed E-state index contributed by atoms with van der Waals surface area (Å²) in [6.45, 7) is 8.43. The van der Waals surface area contributed by atoms with Crippen LogP contribution in [0.3, 0.4) is 0 Å². The molecule has 4 rings (SSSR count).